The van der Waals surface area contributed by atoms with E-state index in [-0.39, 0.29) is 36.4 Å². The van der Waals surface area contributed by atoms with Crippen molar-refractivity contribution in [3.05, 3.63) is 54.0 Å². The number of thioether (sulfide) groups is 1. The minimum absolute atomic E-state index is 0.159. The van der Waals surface area contributed by atoms with Crippen molar-refractivity contribution in [2.24, 2.45) is 5.41 Å². The molecule has 2 aliphatic rings. The summed E-state index contributed by atoms with van der Waals surface area (Å²) in [6, 6.07) is 13.5. The Kier molecular flexibility index (Phi) is 4.32. The Bertz CT molecular complexity index is 863. The molecule has 1 spiro atoms. The molecule has 26 heavy (non-hydrogen) atoms. The van der Waals surface area contributed by atoms with Crippen molar-refractivity contribution in [3.8, 4) is 0 Å². The first-order valence-corrected chi connectivity index (χ1v) is 9.44. The minimum atomic E-state index is -0.759. The molecule has 2 aliphatic heterocycles. The zero-order valence-electron chi connectivity index (χ0n) is 14.1. The largest absolute Gasteiger partial charge is 0.455 e. The molecule has 0 aliphatic carbocycles. The van der Waals surface area contributed by atoms with Crippen LogP contribution in [0.3, 0.4) is 0 Å². The van der Waals surface area contributed by atoms with Crippen LogP contribution < -0.4 is 5.32 Å². The molecule has 7 heteroatoms. The average Bonchev–Trinajstić information content (AvgIpc) is 3.34. The molecule has 4 rings (SSSR count). The third-order valence-corrected chi connectivity index (χ3v) is 5.91. The highest BCUT2D eigenvalue weighted by molar-refractivity contribution is 7.98. The Morgan fingerprint density at radius 2 is 2.00 bits per heavy atom. The first-order chi connectivity index (χ1) is 12.6. The van der Waals surface area contributed by atoms with Gasteiger partial charge in [0.2, 0.25) is 11.8 Å². The summed E-state index contributed by atoms with van der Waals surface area (Å²) in [5.41, 5.74) is -0.759. The second kappa shape index (κ2) is 6.64. The smallest absolute Gasteiger partial charge is 0.289 e. The quantitative estimate of drug-likeness (QED) is 0.661. The predicted octanol–water partition coefficient (Wildman–Crippen LogP) is 2.45. The highest BCUT2D eigenvalue weighted by Gasteiger charge is 2.52. The third kappa shape index (κ3) is 3.14. The molecule has 1 aromatic heterocycles. The van der Waals surface area contributed by atoms with E-state index in [1.165, 1.54) is 0 Å². The van der Waals surface area contributed by atoms with Gasteiger partial charge in [0.15, 0.2) is 5.76 Å². The summed E-state index contributed by atoms with van der Waals surface area (Å²) in [5, 5.41) is 2.34. The third-order valence-electron chi connectivity index (χ3n) is 4.87. The van der Waals surface area contributed by atoms with Crippen LogP contribution in [0.1, 0.15) is 29.2 Å². The summed E-state index contributed by atoms with van der Waals surface area (Å²) < 4.78 is 5.70. The highest BCUT2D eigenvalue weighted by Crippen LogP contribution is 2.38. The van der Waals surface area contributed by atoms with Gasteiger partial charge in [-0.25, -0.2) is 0 Å². The number of likely N-dealkylation sites (tertiary alicyclic amines) is 1. The molecular weight excluding hydrogens is 352 g/mol. The topological polar surface area (TPSA) is 79.6 Å². The van der Waals surface area contributed by atoms with Gasteiger partial charge in [-0.15, -0.1) is 11.8 Å². The molecule has 6 nitrogen and oxygen atoms in total. The van der Waals surface area contributed by atoms with Gasteiger partial charge >= 0.3 is 0 Å². The van der Waals surface area contributed by atoms with E-state index in [1.54, 1.807) is 28.8 Å². The molecule has 3 amide bonds. The van der Waals surface area contributed by atoms with E-state index < -0.39 is 5.41 Å². The molecule has 1 atom stereocenters. The van der Waals surface area contributed by atoms with E-state index in [2.05, 4.69) is 5.32 Å². The van der Waals surface area contributed by atoms with Gasteiger partial charge in [-0.1, -0.05) is 18.2 Å². The number of nitrogens with one attached hydrogen (secondary N) is 1. The van der Waals surface area contributed by atoms with Gasteiger partial charge in [-0.2, -0.15) is 0 Å². The van der Waals surface area contributed by atoms with Gasteiger partial charge in [0.1, 0.15) is 5.76 Å². The molecular formula is C19H18N2O4S. The lowest BCUT2D eigenvalue weighted by Crippen LogP contribution is -2.36. The summed E-state index contributed by atoms with van der Waals surface area (Å²) in [4.78, 5) is 38.9. The number of hydrogen-bond donors (Lipinski definition) is 1. The van der Waals surface area contributed by atoms with E-state index in [9.17, 15) is 14.4 Å². The Hall–Kier alpha value is -2.54. The Morgan fingerprint density at radius 3 is 2.73 bits per heavy atom. The fourth-order valence-electron chi connectivity index (χ4n) is 3.46. The maximum Gasteiger partial charge on any atom is 0.289 e. The minimum Gasteiger partial charge on any atom is -0.455 e. The summed E-state index contributed by atoms with van der Waals surface area (Å²) in [6.45, 7) is 0.715. The van der Waals surface area contributed by atoms with Crippen LogP contribution in [0.2, 0.25) is 0 Å². The summed E-state index contributed by atoms with van der Waals surface area (Å²) in [6.07, 6.45) is 0.667. The first kappa shape index (κ1) is 16.9. The molecule has 0 unspecified atom stereocenters. The van der Waals surface area contributed by atoms with Crippen molar-refractivity contribution in [1.82, 2.24) is 10.2 Å². The van der Waals surface area contributed by atoms with Crippen LogP contribution in [0.5, 0.6) is 0 Å². The zero-order chi connectivity index (χ0) is 18.1. The van der Waals surface area contributed by atoms with Gasteiger partial charge in [0.05, 0.1) is 11.2 Å². The van der Waals surface area contributed by atoms with Gasteiger partial charge in [0, 0.05) is 24.4 Å². The van der Waals surface area contributed by atoms with E-state index in [0.717, 1.165) is 10.7 Å². The molecule has 2 fully saturated rings. The normalized spacial score (nSPS) is 22.2. The molecule has 0 saturated carbocycles. The Balaban J connectivity index is 1.39. The van der Waals surface area contributed by atoms with Crippen LogP contribution in [0, 0.1) is 5.41 Å². The molecule has 134 valence electrons. The predicted molar refractivity (Wildman–Crippen MR) is 95.4 cm³/mol. The monoisotopic (exact) mass is 370 g/mol. The lowest BCUT2D eigenvalue weighted by molar-refractivity contribution is -0.128. The van der Waals surface area contributed by atoms with E-state index >= 15 is 0 Å². The van der Waals surface area contributed by atoms with Crippen molar-refractivity contribution in [2.45, 2.75) is 23.5 Å². The van der Waals surface area contributed by atoms with Crippen molar-refractivity contribution in [1.29, 1.82) is 0 Å². The molecule has 3 heterocycles. The van der Waals surface area contributed by atoms with E-state index in [4.69, 9.17) is 4.42 Å². The fraction of sp³-hybridized carbons (Fsp3) is 0.316. The molecule has 0 radical (unpaired) electrons. The maximum atomic E-state index is 12.7. The second-order valence-corrected chi connectivity index (χ2v) is 7.73. The van der Waals surface area contributed by atoms with Crippen LogP contribution in [-0.2, 0) is 15.3 Å². The Labute approximate surface area is 154 Å². The van der Waals surface area contributed by atoms with Gasteiger partial charge in [0.25, 0.3) is 5.91 Å². The summed E-state index contributed by atoms with van der Waals surface area (Å²) in [7, 11) is 0. The molecule has 2 saturated heterocycles. The first-order valence-electron chi connectivity index (χ1n) is 8.46. The summed E-state index contributed by atoms with van der Waals surface area (Å²) in [5.74, 6) is 0.878. The number of rotatable bonds is 4. The SMILES string of the molecule is O=C1C[C@@]2(CCN(C(=O)c3ccc(CSc4ccccc4)o3)C2)C(=O)N1. The van der Waals surface area contributed by atoms with Crippen LogP contribution >= 0.6 is 11.8 Å². The number of hydrogen-bond acceptors (Lipinski definition) is 5. The lowest BCUT2D eigenvalue weighted by atomic mass is 9.85. The zero-order valence-corrected chi connectivity index (χ0v) is 14.9. The fourth-order valence-corrected chi connectivity index (χ4v) is 4.28. The van der Waals surface area contributed by atoms with E-state index in [0.29, 0.717) is 18.7 Å². The average molecular weight is 370 g/mol. The van der Waals surface area contributed by atoms with Crippen LogP contribution in [0.4, 0.5) is 0 Å². The highest BCUT2D eigenvalue weighted by atomic mass is 32.2. The number of carbonyl (C=O) groups excluding carboxylic acids is 3. The number of nitrogens with zero attached hydrogens (tertiary/aromatic N) is 1. The standard InChI is InChI=1S/C19H18N2O4S/c22-16-10-19(18(24)20-16)8-9-21(12-19)17(23)15-7-6-13(25-15)11-26-14-4-2-1-3-5-14/h1-7H,8-12H2,(H,20,22,24)/t19-/m1/s1. The van der Waals surface area contributed by atoms with Crippen LogP contribution in [-0.4, -0.2) is 35.7 Å². The maximum absolute atomic E-state index is 12.7. The number of carbonyl (C=O) groups is 3. The van der Waals surface area contributed by atoms with Crippen LogP contribution in [0.25, 0.3) is 0 Å². The summed E-state index contributed by atoms with van der Waals surface area (Å²) >= 11 is 1.64. The lowest BCUT2D eigenvalue weighted by Gasteiger charge is -2.19. The van der Waals surface area contributed by atoms with Crippen molar-refractivity contribution < 1.29 is 18.8 Å². The number of furan rings is 1. The molecule has 1 aromatic carbocycles. The van der Waals surface area contributed by atoms with E-state index in [1.807, 2.05) is 30.3 Å². The van der Waals surface area contributed by atoms with Gasteiger partial charge in [-0.05, 0) is 30.7 Å². The number of amides is 3. The van der Waals surface area contributed by atoms with Crippen LogP contribution in [0.15, 0.2) is 51.8 Å². The Morgan fingerprint density at radius 1 is 1.19 bits per heavy atom. The number of benzene rings is 1. The second-order valence-electron chi connectivity index (χ2n) is 6.68. The van der Waals surface area contributed by atoms with Gasteiger partial charge in [-0.3, -0.25) is 19.7 Å². The molecule has 0 bridgehead atoms. The van der Waals surface area contributed by atoms with Gasteiger partial charge < -0.3 is 9.32 Å². The van der Waals surface area contributed by atoms with Crippen molar-refractivity contribution in [3.63, 3.8) is 0 Å². The van der Waals surface area contributed by atoms with Crippen molar-refractivity contribution >= 4 is 29.5 Å². The van der Waals surface area contributed by atoms with Crippen molar-refractivity contribution in [2.75, 3.05) is 13.1 Å². The molecule has 1 N–H and O–H groups in total. The molecule has 2 aromatic rings. The number of imide groups is 1.